The predicted molar refractivity (Wildman–Crippen MR) is 81.7 cm³/mol. The van der Waals surface area contributed by atoms with Gasteiger partial charge in [-0.3, -0.25) is 4.90 Å². The lowest BCUT2D eigenvalue weighted by molar-refractivity contribution is 0.176. The molecule has 0 N–H and O–H groups in total. The molecule has 0 amide bonds. The molecule has 0 aliphatic carbocycles. The number of oxazole rings is 1. The highest BCUT2D eigenvalue weighted by atomic mass is 19.1. The van der Waals surface area contributed by atoms with Gasteiger partial charge in [0.15, 0.2) is 17.3 Å². The lowest BCUT2D eigenvalue weighted by Crippen LogP contribution is -2.33. The van der Waals surface area contributed by atoms with Crippen LogP contribution in [-0.4, -0.2) is 23.0 Å². The first-order chi connectivity index (χ1) is 10.0. The van der Waals surface area contributed by atoms with Crippen LogP contribution in [0.15, 0.2) is 16.5 Å². The molecule has 1 saturated heterocycles. The van der Waals surface area contributed by atoms with Gasteiger partial charge < -0.3 is 4.42 Å². The molecule has 3 rings (SSSR count). The molecule has 2 aromatic rings. The Labute approximate surface area is 125 Å². The van der Waals surface area contributed by atoms with Gasteiger partial charge in [-0.25, -0.2) is 9.37 Å². The molecule has 1 atom stereocenters. The Morgan fingerprint density at radius 3 is 2.95 bits per heavy atom. The molecule has 0 bridgehead atoms. The van der Waals surface area contributed by atoms with Crippen LogP contribution < -0.4 is 0 Å². The Bertz CT molecular complexity index is 635. The molecule has 0 radical (unpaired) electrons. The summed E-state index contributed by atoms with van der Waals surface area (Å²) in [4.78, 5) is 6.82. The number of hydrogen-bond donors (Lipinski definition) is 0. The normalized spacial score (nSPS) is 20.5. The van der Waals surface area contributed by atoms with Gasteiger partial charge in [0, 0.05) is 19.0 Å². The van der Waals surface area contributed by atoms with Gasteiger partial charge in [0.25, 0.3) is 0 Å². The van der Waals surface area contributed by atoms with Gasteiger partial charge in [-0.2, -0.15) is 0 Å². The Morgan fingerprint density at radius 2 is 2.24 bits per heavy atom. The minimum Gasteiger partial charge on any atom is -0.437 e. The van der Waals surface area contributed by atoms with Crippen molar-refractivity contribution in [2.24, 2.45) is 5.92 Å². The summed E-state index contributed by atoms with van der Waals surface area (Å²) in [5.41, 5.74) is 1.91. The Kier molecular flexibility index (Phi) is 3.98. The number of hydrogen-bond acceptors (Lipinski definition) is 3. The van der Waals surface area contributed by atoms with Crippen molar-refractivity contribution >= 4 is 11.1 Å². The number of nitrogens with zero attached hydrogens (tertiary/aromatic N) is 2. The first kappa shape index (κ1) is 14.5. The molecule has 1 aliphatic rings. The van der Waals surface area contributed by atoms with E-state index in [0.717, 1.165) is 31.1 Å². The van der Waals surface area contributed by atoms with E-state index in [2.05, 4.69) is 16.8 Å². The molecule has 1 unspecified atom stereocenters. The fraction of sp³-hybridized carbons (Fsp3) is 0.588. The zero-order valence-corrected chi connectivity index (χ0v) is 13.0. The molecular weight excluding hydrogens is 267 g/mol. The molecule has 1 aliphatic heterocycles. The van der Waals surface area contributed by atoms with Gasteiger partial charge >= 0.3 is 0 Å². The third kappa shape index (κ3) is 3.10. The van der Waals surface area contributed by atoms with Crippen LogP contribution in [-0.2, 0) is 6.54 Å². The molecule has 1 aromatic heterocycles. The highest BCUT2D eigenvalue weighted by Gasteiger charge is 2.18. The van der Waals surface area contributed by atoms with Crippen LogP contribution in [0.25, 0.3) is 11.1 Å². The van der Waals surface area contributed by atoms with Crippen molar-refractivity contribution in [1.29, 1.82) is 0 Å². The fourth-order valence-electron chi connectivity index (χ4n) is 3.09. The first-order valence-corrected chi connectivity index (χ1v) is 7.84. The average Bonchev–Trinajstić information content (AvgIpc) is 2.83. The molecule has 1 aromatic carbocycles. The van der Waals surface area contributed by atoms with E-state index in [-0.39, 0.29) is 17.3 Å². The number of fused-ring (bicyclic) bond motifs is 1. The third-order valence-electron chi connectivity index (χ3n) is 4.16. The lowest BCUT2D eigenvalue weighted by atomic mass is 10.00. The second kappa shape index (κ2) is 5.76. The third-order valence-corrected chi connectivity index (χ3v) is 4.16. The van der Waals surface area contributed by atoms with Crippen molar-refractivity contribution in [2.75, 3.05) is 13.1 Å². The Hall–Kier alpha value is -1.42. The summed E-state index contributed by atoms with van der Waals surface area (Å²) < 4.78 is 19.7. The SMILES string of the molecule is CC1CCCN(Cc2cc(F)c3oc(C(C)C)nc3c2)C1. The molecule has 1 fully saturated rings. The minimum absolute atomic E-state index is 0.170. The van der Waals surface area contributed by atoms with Crippen LogP contribution in [0.2, 0.25) is 0 Å². The summed E-state index contributed by atoms with van der Waals surface area (Å²) in [6.07, 6.45) is 2.53. The minimum atomic E-state index is -0.299. The largest absolute Gasteiger partial charge is 0.437 e. The maximum Gasteiger partial charge on any atom is 0.198 e. The number of halogens is 1. The number of benzene rings is 1. The van der Waals surface area contributed by atoms with Gasteiger partial charge in [-0.05, 0) is 43.0 Å². The molecule has 3 nitrogen and oxygen atoms in total. The Balaban J connectivity index is 1.85. The molecule has 114 valence electrons. The van der Waals surface area contributed by atoms with E-state index in [0.29, 0.717) is 11.4 Å². The maximum atomic E-state index is 14.2. The van der Waals surface area contributed by atoms with Gasteiger partial charge in [0.1, 0.15) is 5.52 Å². The molecule has 21 heavy (non-hydrogen) atoms. The van der Waals surface area contributed by atoms with Gasteiger partial charge in [-0.1, -0.05) is 20.8 Å². The average molecular weight is 290 g/mol. The summed E-state index contributed by atoms with van der Waals surface area (Å²) in [5.74, 6) is 1.20. The van der Waals surface area contributed by atoms with Crippen LogP contribution in [0.4, 0.5) is 4.39 Å². The smallest absolute Gasteiger partial charge is 0.198 e. The van der Waals surface area contributed by atoms with E-state index < -0.39 is 0 Å². The molecule has 2 heterocycles. The lowest BCUT2D eigenvalue weighted by Gasteiger charge is -2.30. The second-order valence-electron chi connectivity index (χ2n) is 6.62. The van der Waals surface area contributed by atoms with E-state index in [9.17, 15) is 4.39 Å². The highest BCUT2D eigenvalue weighted by Crippen LogP contribution is 2.26. The fourth-order valence-corrected chi connectivity index (χ4v) is 3.09. The van der Waals surface area contributed by atoms with Crippen molar-refractivity contribution in [3.05, 3.63) is 29.4 Å². The molecule has 0 saturated carbocycles. The first-order valence-electron chi connectivity index (χ1n) is 7.84. The van der Waals surface area contributed by atoms with Crippen molar-refractivity contribution in [2.45, 2.75) is 46.1 Å². The summed E-state index contributed by atoms with van der Waals surface area (Å²) in [5, 5.41) is 0. The van der Waals surface area contributed by atoms with E-state index in [1.54, 1.807) is 6.07 Å². The van der Waals surface area contributed by atoms with Crippen LogP contribution >= 0.6 is 0 Å². The van der Waals surface area contributed by atoms with Crippen molar-refractivity contribution in [1.82, 2.24) is 9.88 Å². The van der Waals surface area contributed by atoms with Crippen LogP contribution in [0.3, 0.4) is 0 Å². The Morgan fingerprint density at radius 1 is 1.43 bits per heavy atom. The van der Waals surface area contributed by atoms with E-state index in [4.69, 9.17) is 4.42 Å². The molecule has 4 heteroatoms. The zero-order chi connectivity index (χ0) is 15.0. The summed E-state index contributed by atoms with van der Waals surface area (Å²) in [6.45, 7) is 9.26. The number of piperidine rings is 1. The van der Waals surface area contributed by atoms with Crippen molar-refractivity contribution < 1.29 is 8.81 Å². The van der Waals surface area contributed by atoms with Crippen molar-refractivity contribution in [3.63, 3.8) is 0 Å². The van der Waals surface area contributed by atoms with E-state index in [1.807, 2.05) is 19.9 Å². The zero-order valence-electron chi connectivity index (χ0n) is 13.0. The monoisotopic (exact) mass is 290 g/mol. The van der Waals surface area contributed by atoms with Crippen LogP contribution in [0.1, 0.15) is 51.0 Å². The second-order valence-corrected chi connectivity index (χ2v) is 6.62. The number of aromatic nitrogens is 1. The van der Waals surface area contributed by atoms with Gasteiger partial charge in [0.2, 0.25) is 0 Å². The number of rotatable bonds is 3. The molecular formula is C17H23FN2O. The van der Waals surface area contributed by atoms with Gasteiger partial charge in [-0.15, -0.1) is 0 Å². The van der Waals surface area contributed by atoms with Crippen LogP contribution in [0.5, 0.6) is 0 Å². The van der Waals surface area contributed by atoms with Gasteiger partial charge in [0.05, 0.1) is 0 Å². The topological polar surface area (TPSA) is 29.3 Å². The number of likely N-dealkylation sites (tertiary alicyclic amines) is 1. The quantitative estimate of drug-likeness (QED) is 0.843. The summed E-state index contributed by atoms with van der Waals surface area (Å²) >= 11 is 0. The standard InChI is InChI=1S/C17H23FN2O/c1-11(2)17-19-15-8-13(7-14(18)16(15)21-17)10-20-6-4-5-12(3)9-20/h7-8,11-12H,4-6,9-10H2,1-3H3. The highest BCUT2D eigenvalue weighted by molar-refractivity contribution is 5.74. The van der Waals surface area contributed by atoms with Crippen LogP contribution in [0, 0.1) is 11.7 Å². The summed E-state index contributed by atoms with van der Waals surface area (Å²) in [7, 11) is 0. The predicted octanol–water partition coefficient (Wildman–Crippen LogP) is 4.32. The summed E-state index contributed by atoms with van der Waals surface area (Å²) in [6, 6.07) is 3.56. The van der Waals surface area contributed by atoms with Crippen molar-refractivity contribution in [3.8, 4) is 0 Å². The van der Waals surface area contributed by atoms with E-state index in [1.165, 1.54) is 12.8 Å². The maximum absolute atomic E-state index is 14.2. The van der Waals surface area contributed by atoms with E-state index >= 15 is 0 Å². The molecule has 0 spiro atoms.